The fourth-order valence-electron chi connectivity index (χ4n) is 2.57. The van der Waals surface area contributed by atoms with Gasteiger partial charge >= 0.3 is 0 Å². The third-order valence-electron chi connectivity index (χ3n) is 3.94. The van der Waals surface area contributed by atoms with Crippen LogP contribution in [0.3, 0.4) is 0 Å². The molecule has 7 heteroatoms. The molecule has 0 bridgehead atoms. The first kappa shape index (κ1) is 18.4. The molecule has 3 rings (SSSR count). The highest BCUT2D eigenvalue weighted by Gasteiger charge is 2.16. The molecule has 1 aromatic heterocycles. The van der Waals surface area contributed by atoms with Crippen LogP contribution in [0, 0.1) is 0 Å². The maximum Gasteiger partial charge on any atom is 0.261 e. The molecule has 1 N–H and O–H groups in total. The number of carbonyl (C=O) groups excluding carboxylic acids is 1. The van der Waals surface area contributed by atoms with Gasteiger partial charge in [-0.15, -0.1) is 10.2 Å². The van der Waals surface area contributed by atoms with Crippen LogP contribution in [0.25, 0.3) is 0 Å². The minimum Gasteiger partial charge on any atom is -0.496 e. The van der Waals surface area contributed by atoms with Gasteiger partial charge in [-0.25, -0.2) is 0 Å². The molecule has 26 heavy (non-hydrogen) atoms. The summed E-state index contributed by atoms with van der Waals surface area (Å²) in [6.45, 7) is 2.14. The Hall–Kier alpha value is -2.44. The molecule has 5 nitrogen and oxygen atoms in total. The van der Waals surface area contributed by atoms with Gasteiger partial charge in [0.05, 0.1) is 12.7 Å². The Morgan fingerprint density at radius 2 is 2.00 bits per heavy atom. The van der Waals surface area contributed by atoms with Gasteiger partial charge in [0.15, 0.2) is 0 Å². The van der Waals surface area contributed by atoms with Gasteiger partial charge in [0.25, 0.3) is 5.91 Å². The van der Waals surface area contributed by atoms with Gasteiger partial charge in [-0.3, -0.25) is 10.1 Å². The molecular weight excluding hydrogens is 370 g/mol. The van der Waals surface area contributed by atoms with E-state index in [9.17, 15) is 4.79 Å². The van der Waals surface area contributed by atoms with Gasteiger partial charge in [0.2, 0.25) is 5.13 Å². The number of ether oxygens (including phenoxy) is 1. The lowest BCUT2D eigenvalue weighted by atomic mass is 9.98. The summed E-state index contributed by atoms with van der Waals surface area (Å²) in [6.07, 6.45) is 0.762. The summed E-state index contributed by atoms with van der Waals surface area (Å²) in [5.41, 5.74) is 1.60. The molecule has 0 aliphatic carbocycles. The van der Waals surface area contributed by atoms with Crippen LogP contribution in [0.2, 0.25) is 5.02 Å². The molecular formula is C19H18ClN3O2S. The SMILES string of the molecule is COc1ccc(Cl)cc1C(=O)Nc1nnc(C[C@H](C)c2ccccc2)s1. The van der Waals surface area contributed by atoms with Crippen molar-refractivity contribution in [2.45, 2.75) is 19.3 Å². The molecule has 1 heterocycles. The van der Waals surface area contributed by atoms with Crippen molar-refractivity contribution < 1.29 is 9.53 Å². The smallest absolute Gasteiger partial charge is 0.261 e. The third-order valence-corrected chi connectivity index (χ3v) is 5.04. The highest BCUT2D eigenvalue weighted by Crippen LogP contribution is 2.26. The third kappa shape index (κ3) is 4.39. The van der Waals surface area contributed by atoms with Crippen molar-refractivity contribution >= 4 is 34.0 Å². The number of amides is 1. The molecule has 1 amide bonds. The zero-order chi connectivity index (χ0) is 18.5. The Kier molecular flexibility index (Phi) is 5.85. The second kappa shape index (κ2) is 8.29. The first-order chi connectivity index (χ1) is 12.6. The topological polar surface area (TPSA) is 64.1 Å². The van der Waals surface area contributed by atoms with Crippen molar-refractivity contribution in [3.05, 3.63) is 69.7 Å². The lowest BCUT2D eigenvalue weighted by Crippen LogP contribution is -2.13. The van der Waals surface area contributed by atoms with E-state index >= 15 is 0 Å². The van der Waals surface area contributed by atoms with Crippen LogP contribution in [-0.2, 0) is 6.42 Å². The lowest BCUT2D eigenvalue weighted by molar-refractivity contribution is 0.102. The summed E-state index contributed by atoms with van der Waals surface area (Å²) in [7, 11) is 1.51. The lowest BCUT2D eigenvalue weighted by Gasteiger charge is -2.09. The van der Waals surface area contributed by atoms with Crippen molar-refractivity contribution in [1.29, 1.82) is 0 Å². The number of hydrogen-bond acceptors (Lipinski definition) is 5. The van der Waals surface area contributed by atoms with Crippen molar-refractivity contribution in [1.82, 2.24) is 10.2 Å². The Bertz CT molecular complexity index is 899. The van der Waals surface area contributed by atoms with Gasteiger partial charge in [-0.05, 0) is 29.7 Å². The average Bonchev–Trinajstić information content (AvgIpc) is 3.09. The van der Waals surface area contributed by atoms with Crippen molar-refractivity contribution in [3.63, 3.8) is 0 Å². The van der Waals surface area contributed by atoms with E-state index in [0.29, 0.717) is 27.4 Å². The van der Waals surface area contributed by atoms with Crippen LogP contribution < -0.4 is 10.1 Å². The largest absolute Gasteiger partial charge is 0.496 e. The van der Waals surface area contributed by atoms with Crippen LogP contribution in [0.4, 0.5) is 5.13 Å². The summed E-state index contributed by atoms with van der Waals surface area (Å²) in [5.74, 6) is 0.443. The number of nitrogens with one attached hydrogen (secondary N) is 1. The minimum atomic E-state index is -0.330. The highest BCUT2D eigenvalue weighted by atomic mass is 35.5. The van der Waals surface area contributed by atoms with E-state index in [2.05, 4.69) is 34.6 Å². The van der Waals surface area contributed by atoms with Crippen molar-refractivity contribution in [2.75, 3.05) is 12.4 Å². The second-order valence-corrected chi connectivity index (χ2v) is 7.31. The number of benzene rings is 2. The van der Waals surface area contributed by atoms with Gasteiger partial charge < -0.3 is 4.74 Å². The Balaban J connectivity index is 1.69. The first-order valence-corrected chi connectivity index (χ1v) is 9.28. The Morgan fingerprint density at radius 3 is 2.73 bits per heavy atom. The molecule has 0 fully saturated rings. The quantitative estimate of drug-likeness (QED) is 0.659. The van der Waals surface area contributed by atoms with E-state index in [4.69, 9.17) is 16.3 Å². The summed E-state index contributed by atoms with van der Waals surface area (Å²) in [5, 5.41) is 12.8. The summed E-state index contributed by atoms with van der Waals surface area (Å²) < 4.78 is 5.21. The second-order valence-electron chi connectivity index (χ2n) is 5.82. The average molecular weight is 388 g/mol. The molecule has 1 atom stereocenters. The summed E-state index contributed by atoms with van der Waals surface area (Å²) in [4.78, 5) is 12.5. The van der Waals surface area contributed by atoms with Crippen LogP contribution in [0.5, 0.6) is 5.75 Å². The van der Waals surface area contributed by atoms with Crippen LogP contribution >= 0.6 is 22.9 Å². The van der Waals surface area contributed by atoms with E-state index in [1.165, 1.54) is 24.0 Å². The van der Waals surface area contributed by atoms with Crippen LogP contribution in [0.15, 0.2) is 48.5 Å². The van der Waals surface area contributed by atoms with Crippen LogP contribution in [0.1, 0.15) is 33.8 Å². The molecule has 0 unspecified atom stereocenters. The van der Waals surface area contributed by atoms with E-state index in [1.54, 1.807) is 18.2 Å². The molecule has 3 aromatic rings. The molecule has 0 saturated heterocycles. The molecule has 0 spiro atoms. The monoisotopic (exact) mass is 387 g/mol. The predicted molar refractivity (Wildman–Crippen MR) is 104 cm³/mol. The number of hydrogen-bond donors (Lipinski definition) is 1. The summed E-state index contributed by atoms with van der Waals surface area (Å²) in [6, 6.07) is 15.1. The number of methoxy groups -OCH3 is 1. The van der Waals surface area contributed by atoms with Crippen LogP contribution in [-0.4, -0.2) is 23.2 Å². The highest BCUT2D eigenvalue weighted by molar-refractivity contribution is 7.15. The zero-order valence-corrected chi connectivity index (χ0v) is 16.0. The minimum absolute atomic E-state index is 0.320. The normalized spacial score (nSPS) is 11.8. The Labute approximate surface area is 161 Å². The van der Waals surface area contributed by atoms with Gasteiger partial charge in [0.1, 0.15) is 10.8 Å². The summed E-state index contributed by atoms with van der Waals surface area (Å²) >= 11 is 7.35. The predicted octanol–water partition coefficient (Wildman–Crippen LogP) is 4.80. The number of anilines is 1. The van der Waals surface area contributed by atoms with E-state index < -0.39 is 0 Å². The van der Waals surface area contributed by atoms with Gasteiger partial charge in [0, 0.05) is 11.4 Å². The fourth-order valence-corrected chi connectivity index (χ4v) is 3.61. The maximum absolute atomic E-state index is 12.5. The fraction of sp³-hybridized carbons (Fsp3) is 0.211. The first-order valence-electron chi connectivity index (χ1n) is 8.09. The molecule has 0 aliphatic rings. The molecule has 2 aromatic carbocycles. The van der Waals surface area contributed by atoms with Gasteiger partial charge in [-0.2, -0.15) is 0 Å². The van der Waals surface area contributed by atoms with Crippen molar-refractivity contribution in [2.24, 2.45) is 0 Å². The number of aromatic nitrogens is 2. The van der Waals surface area contributed by atoms with E-state index in [1.807, 2.05) is 18.2 Å². The number of carbonyl (C=O) groups is 1. The number of rotatable bonds is 6. The van der Waals surface area contributed by atoms with Crippen molar-refractivity contribution in [3.8, 4) is 5.75 Å². The molecule has 0 saturated carbocycles. The van der Waals surface area contributed by atoms with E-state index in [-0.39, 0.29) is 5.91 Å². The number of halogens is 1. The Morgan fingerprint density at radius 1 is 1.23 bits per heavy atom. The standard InChI is InChI=1S/C19H18ClN3O2S/c1-12(13-6-4-3-5-7-13)10-17-22-23-19(26-17)21-18(24)15-11-14(20)8-9-16(15)25-2/h3-9,11-12H,10H2,1-2H3,(H,21,23,24)/t12-/m0/s1. The molecule has 0 aliphatic heterocycles. The molecule has 0 radical (unpaired) electrons. The van der Waals surface area contributed by atoms with E-state index in [0.717, 1.165) is 11.4 Å². The molecule has 134 valence electrons. The zero-order valence-electron chi connectivity index (χ0n) is 14.4. The maximum atomic E-state index is 12.5. The van der Waals surface area contributed by atoms with Gasteiger partial charge in [-0.1, -0.05) is 60.2 Å². The number of nitrogens with zero attached hydrogens (tertiary/aromatic N) is 2.